The number of aliphatic hydroxyl groups is 1. The number of hydrogen-bond acceptors (Lipinski definition) is 6. The van der Waals surface area contributed by atoms with Crippen LogP contribution in [0.4, 0.5) is 0 Å². The van der Waals surface area contributed by atoms with Crippen LogP contribution in [-0.2, 0) is 14.3 Å². The first kappa shape index (κ1) is 21.4. The number of phenols is 1. The highest BCUT2D eigenvalue weighted by molar-refractivity contribution is 6.46. The van der Waals surface area contributed by atoms with Crippen molar-refractivity contribution in [1.82, 2.24) is 9.80 Å². The summed E-state index contributed by atoms with van der Waals surface area (Å²) < 4.78 is 5.37. The first-order valence-corrected chi connectivity index (χ1v) is 10.5. The van der Waals surface area contributed by atoms with E-state index in [1.807, 2.05) is 0 Å². The van der Waals surface area contributed by atoms with E-state index in [1.165, 1.54) is 17.0 Å². The van der Waals surface area contributed by atoms with Crippen LogP contribution in [0.25, 0.3) is 5.76 Å². The van der Waals surface area contributed by atoms with E-state index in [4.69, 9.17) is 16.3 Å². The molecule has 4 rings (SSSR count). The number of benzene rings is 2. The second-order valence-corrected chi connectivity index (χ2v) is 7.98. The Morgan fingerprint density at radius 3 is 2.45 bits per heavy atom. The second-order valence-electron chi connectivity index (χ2n) is 7.55. The molecule has 1 amide bonds. The molecule has 2 aromatic rings. The molecular weight excluding hydrogens is 420 g/mol. The minimum Gasteiger partial charge on any atom is -0.508 e. The lowest BCUT2D eigenvalue weighted by Crippen LogP contribution is -2.42. The van der Waals surface area contributed by atoms with Gasteiger partial charge in [0.15, 0.2) is 0 Å². The minimum absolute atomic E-state index is 0.0000926. The number of hydrogen-bond donors (Lipinski definition) is 2. The van der Waals surface area contributed by atoms with E-state index in [1.54, 1.807) is 36.4 Å². The van der Waals surface area contributed by atoms with Gasteiger partial charge in [-0.15, -0.1) is 0 Å². The third-order valence-electron chi connectivity index (χ3n) is 5.60. The molecule has 0 bridgehead atoms. The van der Waals surface area contributed by atoms with Gasteiger partial charge in [0, 0.05) is 36.8 Å². The number of halogens is 1. The van der Waals surface area contributed by atoms with E-state index in [-0.39, 0.29) is 17.1 Å². The summed E-state index contributed by atoms with van der Waals surface area (Å²) in [5.41, 5.74) is 0.942. The largest absolute Gasteiger partial charge is 0.508 e. The van der Waals surface area contributed by atoms with E-state index in [9.17, 15) is 19.8 Å². The predicted molar refractivity (Wildman–Crippen MR) is 116 cm³/mol. The van der Waals surface area contributed by atoms with Gasteiger partial charge in [0.2, 0.25) is 0 Å². The van der Waals surface area contributed by atoms with Crippen molar-refractivity contribution >= 4 is 29.1 Å². The minimum atomic E-state index is -0.802. The number of carbonyl (C=O) groups is 2. The maximum atomic E-state index is 13.0. The summed E-state index contributed by atoms with van der Waals surface area (Å²) in [6.45, 7) is 3.66. The molecule has 7 nitrogen and oxygen atoms in total. The molecule has 0 saturated carbocycles. The molecule has 0 unspecified atom stereocenters. The van der Waals surface area contributed by atoms with Crippen molar-refractivity contribution in [3.8, 4) is 5.75 Å². The van der Waals surface area contributed by atoms with Crippen LogP contribution in [0.3, 0.4) is 0 Å². The van der Waals surface area contributed by atoms with E-state index >= 15 is 0 Å². The van der Waals surface area contributed by atoms with Crippen molar-refractivity contribution < 1.29 is 24.5 Å². The van der Waals surface area contributed by atoms with Gasteiger partial charge < -0.3 is 19.8 Å². The Morgan fingerprint density at radius 2 is 1.77 bits per heavy atom. The average molecular weight is 443 g/mol. The molecule has 0 spiro atoms. The third-order valence-corrected chi connectivity index (χ3v) is 5.86. The number of ketones is 1. The molecule has 2 aliphatic rings. The van der Waals surface area contributed by atoms with Gasteiger partial charge in [0.1, 0.15) is 11.5 Å². The Kier molecular flexibility index (Phi) is 6.27. The zero-order valence-corrected chi connectivity index (χ0v) is 17.6. The van der Waals surface area contributed by atoms with Crippen LogP contribution in [0, 0.1) is 0 Å². The number of amides is 1. The maximum absolute atomic E-state index is 13.0. The van der Waals surface area contributed by atoms with Crippen molar-refractivity contribution in [1.29, 1.82) is 0 Å². The number of nitrogens with zero attached hydrogens (tertiary/aromatic N) is 2. The molecule has 2 aromatic carbocycles. The van der Waals surface area contributed by atoms with Crippen LogP contribution in [0.15, 0.2) is 54.1 Å². The number of likely N-dealkylation sites (tertiary alicyclic amines) is 1. The van der Waals surface area contributed by atoms with Gasteiger partial charge in [-0.25, -0.2) is 0 Å². The summed E-state index contributed by atoms with van der Waals surface area (Å²) in [5, 5.41) is 21.5. The lowest BCUT2D eigenvalue weighted by Gasteiger charge is -2.31. The molecule has 2 fully saturated rings. The van der Waals surface area contributed by atoms with Gasteiger partial charge in [-0.3, -0.25) is 14.5 Å². The molecule has 2 N–H and O–H groups in total. The number of aliphatic hydroxyl groups excluding tert-OH is 1. The fourth-order valence-electron chi connectivity index (χ4n) is 3.99. The summed E-state index contributed by atoms with van der Waals surface area (Å²) in [4.78, 5) is 29.6. The number of Topliss-reactive ketones (excluding diaryl/α,β-unsaturated/α-hetero) is 1. The summed E-state index contributed by atoms with van der Waals surface area (Å²) in [6.07, 6.45) is 0. The molecule has 2 heterocycles. The highest BCUT2D eigenvalue weighted by atomic mass is 35.5. The fourth-order valence-corrected chi connectivity index (χ4v) is 4.12. The normalized spacial score (nSPS) is 21.6. The van der Waals surface area contributed by atoms with Gasteiger partial charge in [-0.1, -0.05) is 23.7 Å². The Bertz CT molecular complexity index is 1010. The molecule has 2 aliphatic heterocycles. The molecule has 0 aromatic heterocycles. The number of aromatic hydroxyl groups is 1. The highest BCUT2D eigenvalue weighted by Gasteiger charge is 2.46. The van der Waals surface area contributed by atoms with Gasteiger partial charge in [0.25, 0.3) is 11.7 Å². The number of phenolic OH excluding ortho intramolecular Hbond substituents is 1. The predicted octanol–water partition coefficient (Wildman–Crippen LogP) is 2.80. The van der Waals surface area contributed by atoms with Gasteiger partial charge in [-0.05, 0) is 42.0 Å². The van der Waals surface area contributed by atoms with Crippen LogP contribution in [-0.4, -0.2) is 71.1 Å². The Hall–Kier alpha value is -2.87. The lowest BCUT2D eigenvalue weighted by atomic mass is 9.95. The molecule has 162 valence electrons. The van der Waals surface area contributed by atoms with Crippen LogP contribution in [0.5, 0.6) is 5.75 Å². The second kappa shape index (κ2) is 9.09. The first-order chi connectivity index (χ1) is 15.0. The Labute approximate surface area is 185 Å². The van der Waals surface area contributed by atoms with E-state index in [0.29, 0.717) is 42.5 Å². The Morgan fingerprint density at radius 1 is 1.06 bits per heavy atom. The molecule has 0 radical (unpaired) electrons. The van der Waals surface area contributed by atoms with Gasteiger partial charge in [-0.2, -0.15) is 0 Å². The molecule has 8 heteroatoms. The van der Waals surface area contributed by atoms with Crippen molar-refractivity contribution in [2.75, 3.05) is 39.4 Å². The SMILES string of the molecule is O=C1C(=O)N(CCN2CCOCC2)[C@@H](c2cccc(O)c2)C1=C(O)c1ccc(Cl)cc1. The van der Waals surface area contributed by atoms with E-state index in [0.717, 1.165) is 13.1 Å². The quantitative estimate of drug-likeness (QED) is 0.420. The highest BCUT2D eigenvalue weighted by Crippen LogP contribution is 2.40. The van der Waals surface area contributed by atoms with Gasteiger partial charge >= 0.3 is 0 Å². The molecule has 31 heavy (non-hydrogen) atoms. The summed E-state index contributed by atoms with van der Waals surface area (Å²) in [7, 11) is 0. The summed E-state index contributed by atoms with van der Waals surface area (Å²) in [6, 6.07) is 12.0. The van der Waals surface area contributed by atoms with Crippen molar-refractivity contribution in [3.63, 3.8) is 0 Å². The van der Waals surface area contributed by atoms with Crippen molar-refractivity contribution in [2.45, 2.75) is 6.04 Å². The number of rotatable bonds is 5. The number of carbonyl (C=O) groups excluding carboxylic acids is 2. The maximum Gasteiger partial charge on any atom is 0.295 e. The van der Waals surface area contributed by atoms with Crippen molar-refractivity contribution in [3.05, 3.63) is 70.3 Å². The fraction of sp³-hybridized carbons (Fsp3) is 0.304. The van der Waals surface area contributed by atoms with Crippen molar-refractivity contribution in [2.24, 2.45) is 0 Å². The smallest absolute Gasteiger partial charge is 0.295 e. The summed E-state index contributed by atoms with van der Waals surface area (Å²) >= 11 is 5.94. The molecule has 1 atom stereocenters. The number of morpholine rings is 1. The van der Waals surface area contributed by atoms with Gasteiger partial charge in [0.05, 0.1) is 24.8 Å². The third kappa shape index (κ3) is 4.44. The molecular formula is C23H23ClN2O5. The zero-order chi connectivity index (χ0) is 22.0. The first-order valence-electron chi connectivity index (χ1n) is 10.1. The zero-order valence-electron chi connectivity index (χ0n) is 16.8. The summed E-state index contributed by atoms with van der Waals surface area (Å²) in [5.74, 6) is -1.67. The van der Waals surface area contributed by atoms with E-state index in [2.05, 4.69) is 4.90 Å². The van der Waals surface area contributed by atoms with Crippen LogP contribution in [0.2, 0.25) is 5.02 Å². The molecule has 2 saturated heterocycles. The Balaban J connectivity index is 1.73. The average Bonchev–Trinajstić information content (AvgIpc) is 3.03. The van der Waals surface area contributed by atoms with Crippen LogP contribution >= 0.6 is 11.6 Å². The van der Waals surface area contributed by atoms with Crippen LogP contribution < -0.4 is 0 Å². The number of ether oxygens (including phenoxy) is 1. The molecule has 0 aliphatic carbocycles. The topological polar surface area (TPSA) is 90.3 Å². The van der Waals surface area contributed by atoms with E-state index < -0.39 is 17.7 Å². The van der Waals surface area contributed by atoms with Crippen LogP contribution in [0.1, 0.15) is 17.2 Å². The monoisotopic (exact) mass is 442 g/mol. The standard InChI is InChI=1S/C23H23ClN2O5/c24-17-6-4-15(5-7-17)21(28)19-20(16-2-1-3-18(27)14-16)26(23(30)22(19)29)9-8-25-10-12-31-13-11-25/h1-7,14,20,27-28H,8-13H2/t20-/m0/s1. The lowest BCUT2D eigenvalue weighted by molar-refractivity contribution is -0.140.